The van der Waals surface area contributed by atoms with Crippen molar-refractivity contribution >= 4 is 11.6 Å². The molecule has 1 aromatic rings. The second-order valence-corrected chi connectivity index (χ2v) is 4.25. The van der Waals surface area contributed by atoms with Crippen molar-refractivity contribution in [1.29, 1.82) is 0 Å². The van der Waals surface area contributed by atoms with Gasteiger partial charge in [-0.15, -0.1) is 0 Å². The van der Waals surface area contributed by atoms with E-state index in [1.165, 1.54) is 0 Å². The summed E-state index contributed by atoms with van der Waals surface area (Å²) in [5.41, 5.74) is 0.720. The molecular formula is C12H15ClO3. The maximum atomic E-state index is 9.20. The third-order valence-electron chi connectivity index (χ3n) is 2.62. The summed E-state index contributed by atoms with van der Waals surface area (Å²) < 4.78 is 11.1. The molecule has 1 fully saturated rings. The van der Waals surface area contributed by atoms with Crippen molar-refractivity contribution in [3.63, 3.8) is 0 Å². The second-order valence-electron chi connectivity index (χ2n) is 3.84. The Kier molecular flexibility index (Phi) is 4.04. The fourth-order valence-corrected chi connectivity index (χ4v) is 2.02. The van der Waals surface area contributed by atoms with Gasteiger partial charge in [0.15, 0.2) is 0 Å². The summed E-state index contributed by atoms with van der Waals surface area (Å²) in [6.45, 7) is 1.33. The quantitative estimate of drug-likeness (QED) is 0.885. The summed E-state index contributed by atoms with van der Waals surface area (Å²) in [6, 6.07) is 5.38. The minimum absolute atomic E-state index is 0.0407. The Hall–Kier alpha value is -0.770. The zero-order valence-electron chi connectivity index (χ0n) is 8.99. The van der Waals surface area contributed by atoms with Crippen LogP contribution in [-0.2, 0) is 11.3 Å². The second kappa shape index (κ2) is 5.53. The van der Waals surface area contributed by atoms with Gasteiger partial charge in [0.25, 0.3) is 0 Å². The molecule has 0 aromatic heterocycles. The first kappa shape index (κ1) is 11.7. The van der Waals surface area contributed by atoms with Crippen molar-refractivity contribution in [2.45, 2.75) is 25.6 Å². The SMILES string of the molecule is OCc1cccc(Cl)c1OC1CCCOC1. The molecule has 0 radical (unpaired) electrons. The van der Waals surface area contributed by atoms with Crippen LogP contribution < -0.4 is 4.74 Å². The highest BCUT2D eigenvalue weighted by molar-refractivity contribution is 6.32. The summed E-state index contributed by atoms with van der Waals surface area (Å²) in [5, 5.41) is 9.74. The molecule has 1 unspecified atom stereocenters. The van der Waals surface area contributed by atoms with E-state index in [9.17, 15) is 5.11 Å². The first-order chi connectivity index (χ1) is 7.81. The van der Waals surface area contributed by atoms with Gasteiger partial charge in [-0.05, 0) is 18.9 Å². The lowest BCUT2D eigenvalue weighted by atomic mass is 10.1. The van der Waals surface area contributed by atoms with E-state index in [-0.39, 0.29) is 12.7 Å². The van der Waals surface area contributed by atoms with Crippen LogP contribution >= 0.6 is 11.6 Å². The van der Waals surface area contributed by atoms with Gasteiger partial charge in [0.05, 0.1) is 18.2 Å². The number of ether oxygens (including phenoxy) is 2. The molecule has 1 aliphatic rings. The van der Waals surface area contributed by atoms with Crippen molar-refractivity contribution in [1.82, 2.24) is 0 Å². The first-order valence-electron chi connectivity index (χ1n) is 5.44. The smallest absolute Gasteiger partial charge is 0.143 e. The number of halogens is 1. The van der Waals surface area contributed by atoms with E-state index >= 15 is 0 Å². The number of para-hydroxylation sites is 1. The average Bonchev–Trinajstić information content (AvgIpc) is 2.33. The van der Waals surface area contributed by atoms with Crippen LogP contribution in [0.2, 0.25) is 5.02 Å². The first-order valence-corrected chi connectivity index (χ1v) is 5.81. The summed E-state index contributed by atoms with van der Waals surface area (Å²) in [7, 11) is 0. The van der Waals surface area contributed by atoms with Gasteiger partial charge in [-0.1, -0.05) is 23.7 Å². The molecule has 2 rings (SSSR count). The van der Waals surface area contributed by atoms with Gasteiger partial charge < -0.3 is 14.6 Å². The Labute approximate surface area is 99.9 Å². The third-order valence-corrected chi connectivity index (χ3v) is 2.92. The van der Waals surface area contributed by atoms with Crippen molar-refractivity contribution in [2.75, 3.05) is 13.2 Å². The Bertz CT molecular complexity index is 348. The van der Waals surface area contributed by atoms with Crippen molar-refractivity contribution in [3.05, 3.63) is 28.8 Å². The maximum Gasteiger partial charge on any atom is 0.143 e. The highest BCUT2D eigenvalue weighted by Crippen LogP contribution is 2.30. The topological polar surface area (TPSA) is 38.7 Å². The fourth-order valence-electron chi connectivity index (χ4n) is 1.78. The maximum absolute atomic E-state index is 9.20. The molecule has 1 atom stereocenters. The van der Waals surface area contributed by atoms with E-state index in [1.807, 2.05) is 6.07 Å². The molecule has 1 N–H and O–H groups in total. The Morgan fingerprint density at radius 2 is 2.38 bits per heavy atom. The van der Waals surface area contributed by atoms with Crippen molar-refractivity contribution < 1.29 is 14.6 Å². The molecule has 0 spiro atoms. The lowest BCUT2D eigenvalue weighted by molar-refractivity contribution is 0.00665. The predicted molar refractivity (Wildman–Crippen MR) is 61.8 cm³/mol. The Morgan fingerprint density at radius 3 is 3.06 bits per heavy atom. The molecule has 0 amide bonds. The van der Waals surface area contributed by atoms with Crippen LogP contribution in [0.5, 0.6) is 5.75 Å². The molecule has 0 bridgehead atoms. The van der Waals surface area contributed by atoms with E-state index < -0.39 is 0 Å². The van der Waals surface area contributed by atoms with Crippen LogP contribution in [0.3, 0.4) is 0 Å². The third kappa shape index (κ3) is 2.67. The van der Waals surface area contributed by atoms with Gasteiger partial charge >= 0.3 is 0 Å². The van der Waals surface area contributed by atoms with Gasteiger partial charge in [0.2, 0.25) is 0 Å². The molecule has 3 nitrogen and oxygen atoms in total. The largest absolute Gasteiger partial charge is 0.486 e. The summed E-state index contributed by atoms with van der Waals surface area (Å²) in [6.07, 6.45) is 2.01. The van der Waals surface area contributed by atoms with E-state index in [4.69, 9.17) is 21.1 Å². The number of rotatable bonds is 3. The molecule has 1 aliphatic heterocycles. The summed E-state index contributed by atoms with van der Waals surface area (Å²) in [4.78, 5) is 0. The average molecular weight is 243 g/mol. The molecule has 88 valence electrons. The highest BCUT2D eigenvalue weighted by Gasteiger charge is 2.18. The molecule has 0 aliphatic carbocycles. The molecule has 1 heterocycles. The molecular weight excluding hydrogens is 228 g/mol. The normalized spacial score (nSPS) is 20.8. The van der Waals surface area contributed by atoms with Crippen molar-refractivity contribution in [3.8, 4) is 5.75 Å². The van der Waals surface area contributed by atoms with Crippen LogP contribution in [0.15, 0.2) is 18.2 Å². The van der Waals surface area contributed by atoms with E-state index in [0.29, 0.717) is 17.4 Å². The molecule has 1 aromatic carbocycles. The zero-order chi connectivity index (χ0) is 11.4. The minimum atomic E-state index is -0.0660. The van der Waals surface area contributed by atoms with Crippen LogP contribution in [0.25, 0.3) is 0 Å². The lowest BCUT2D eigenvalue weighted by Gasteiger charge is -2.24. The standard InChI is InChI=1S/C12H15ClO3/c13-11-5-1-3-9(7-14)12(11)16-10-4-2-6-15-8-10/h1,3,5,10,14H,2,4,6-8H2. The predicted octanol–water partition coefficient (Wildman–Crippen LogP) is 2.39. The Morgan fingerprint density at radius 1 is 1.50 bits per heavy atom. The molecule has 1 saturated heterocycles. The fraction of sp³-hybridized carbons (Fsp3) is 0.500. The van der Waals surface area contributed by atoms with E-state index in [2.05, 4.69) is 0 Å². The van der Waals surface area contributed by atoms with Gasteiger partial charge in [-0.25, -0.2) is 0 Å². The molecule has 4 heteroatoms. The van der Waals surface area contributed by atoms with E-state index in [0.717, 1.165) is 25.0 Å². The van der Waals surface area contributed by atoms with Gasteiger partial charge in [-0.3, -0.25) is 0 Å². The minimum Gasteiger partial charge on any atom is -0.486 e. The summed E-state index contributed by atoms with van der Waals surface area (Å²) >= 11 is 6.05. The lowest BCUT2D eigenvalue weighted by Crippen LogP contribution is -2.28. The number of hydrogen-bond donors (Lipinski definition) is 1. The van der Waals surface area contributed by atoms with Gasteiger partial charge in [0, 0.05) is 12.2 Å². The highest BCUT2D eigenvalue weighted by atomic mass is 35.5. The van der Waals surface area contributed by atoms with Crippen LogP contribution in [-0.4, -0.2) is 24.4 Å². The van der Waals surface area contributed by atoms with Crippen LogP contribution in [0.4, 0.5) is 0 Å². The number of aliphatic hydroxyl groups excluding tert-OH is 1. The Balaban J connectivity index is 2.12. The van der Waals surface area contributed by atoms with Gasteiger partial charge in [0.1, 0.15) is 11.9 Å². The van der Waals surface area contributed by atoms with Crippen LogP contribution in [0, 0.1) is 0 Å². The molecule has 16 heavy (non-hydrogen) atoms. The molecule has 0 saturated carbocycles. The van der Waals surface area contributed by atoms with Crippen molar-refractivity contribution in [2.24, 2.45) is 0 Å². The number of aliphatic hydroxyl groups is 1. The van der Waals surface area contributed by atoms with E-state index in [1.54, 1.807) is 12.1 Å². The zero-order valence-corrected chi connectivity index (χ0v) is 9.74. The monoisotopic (exact) mass is 242 g/mol. The number of hydrogen-bond acceptors (Lipinski definition) is 3. The van der Waals surface area contributed by atoms with Crippen LogP contribution in [0.1, 0.15) is 18.4 Å². The van der Waals surface area contributed by atoms with Gasteiger partial charge in [-0.2, -0.15) is 0 Å². The summed E-state index contributed by atoms with van der Waals surface area (Å²) in [5.74, 6) is 0.585. The number of benzene rings is 1.